The number of carbonyl (C=O) groups excluding carboxylic acids is 1. The molecule has 1 amide bonds. The largest absolute Gasteiger partial charge is 0.342 e. The molecule has 1 unspecified atom stereocenters. The molecule has 3 rings (SSSR count). The first kappa shape index (κ1) is 21.9. The number of nitrogens with one attached hydrogen (secondary N) is 1. The highest BCUT2D eigenvalue weighted by Gasteiger charge is 2.25. The van der Waals surface area contributed by atoms with Crippen LogP contribution in [-0.4, -0.2) is 42.5 Å². The molecule has 0 radical (unpaired) electrons. The summed E-state index contributed by atoms with van der Waals surface area (Å²) in [5.74, 6) is 0.799. The van der Waals surface area contributed by atoms with Gasteiger partial charge in [0.25, 0.3) is 0 Å². The Kier molecular flexibility index (Phi) is 9.43. The van der Waals surface area contributed by atoms with Crippen molar-refractivity contribution >= 4 is 42.1 Å². The van der Waals surface area contributed by atoms with Gasteiger partial charge < -0.3 is 10.2 Å². The van der Waals surface area contributed by atoms with Gasteiger partial charge in [-0.05, 0) is 31.5 Å². The molecule has 2 aromatic rings. The van der Waals surface area contributed by atoms with Gasteiger partial charge in [0.05, 0.1) is 17.1 Å². The van der Waals surface area contributed by atoms with Crippen LogP contribution in [0.4, 0.5) is 0 Å². The third-order valence-electron chi connectivity index (χ3n) is 4.26. The number of hydrogen-bond donors (Lipinski definition) is 1. The predicted molar refractivity (Wildman–Crippen MR) is 108 cm³/mol. The van der Waals surface area contributed by atoms with Gasteiger partial charge >= 0.3 is 0 Å². The zero-order valence-electron chi connectivity index (χ0n) is 14.3. The molecule has 1 saturated heterocycles. The average molecular weight is 402 g/mol. The molecule has 1 N–H and O–H groups in total. The number of aromatic nitrogens is 1. The van der Waals surface area contributed by atoms with Crippen molar-refractivity contribution in [3.8, 4) is 0 Å². The minimum atomic E-state index is 0. The van der Waals surface area contributed by atoms with Gasteiger partial charge in [-0.2, -0.15) is 0 Å². The van der Waals surface area contributed by atoms with Crippen LogP contribution in [0.1, 0.15) is 22.7 Å². The number of likely N-dealkylation sites (tertiary alicyclic amines) is 1. The van der Waals surface area contributed by atoms with E-state index in [1.165, 1.54) is 5.56 Å². The third kappa shape index (κ3) is 6.26. The first-order valence-electron chi connectivity index (χ1n) is 8.14. The Balaban J connectivity index is 0.00000156. The fraction of sp³-hybridized carbons (Fsp3) is 0.444. The third-order valence-corrected chi connectivity index (χ3v) is 5.16. The zero-order valence-corrected chi connectivity index (χ0v) is 16.8. The topological polar surface area (TPSA) is 45.2 Å². The van der Waals surface area contributed by atoms with Crippen LogP contribution in [0.25, 0.3) is 0 Å². The molecule has 1 aliphatic rings. The van der Waals surface area contributed by atoms with E-state index in [2.05, 4.69) is 22.4 Å². The lowest BCUT2D eigenvalue weighted by molar-refractivity contribution is -0.129. The van der Waals surface area contributed by atoms with Crippen LogP contribution in [0, 0.1) is 5.92 Å². The van der Waals surface area contributed by atoms with Gasteiger partial charge in [0, 0.05) is 24.9 Å². The van der Waals surface area contributed by atoms with Gasteiger partial charge in [-0.15, -0.1) is 36.2 Å². The second kappa shape index (κ2) is 10.8. The van der Waals surface area contributed by atoms with Crippen LogP contribution in [0.15, 0.2) is 35.7 Å². The number of carbonyl (C=O) groups is 1. The zero-order chi connectivity index (χ0) is 16.1. The maximum absolute atomic E-state index is 12.4. The van der Waals surface area contributed by atoms with Crippen molar-refractivity contribution in [2.75, 3.05) is 26.7 Å². The summed E-state index contributed by atoms with van der Waals surface area (Å²) in [4.78, 5) is 19.0. The van der Waals surface area contributed by atoms with Crippen LogP contribution in [-0.2, 0) is 17.6 Å². The van der Waals surface area contributed by atoms with E-state index in [9.17, 15) is 4.79 Å². The molecule has 0 bridgehead atoms. The molecule has 1 aromatic heterocycles. The molecule has 2 heterocycles. The van der Waals surface area contributed by atoms with Crippen molar-refractivity contribution in [3.05, 3.63) is 52.0 Å². The van der Waals surface area contributed by atoms with E-state index in [1.807, 2.05) is 35.5 Å². The molecule has 1 aromatic carbocycles. The summed E-state index contributed by atoms with van der Waals surface area (Å²) in [7, 11) is 1.97. The molecule has 1 atom stereocenters. The van der Waals surface area contributed by atoms with E-state index in [0.29, 0.717) is 12.3 Å². The number of hydrogen-bond acceptors (Lipinski definition) is 4. The van der Waals surface area contributed by atoms with Gasteiger partial charge in [-0.1, -0.05) is 30.3 Å². The summed E-state index contributed by atoms with van der Waals surface area (Å²) in [5.41, 5.74) is 2.16. The summed E-state index contributed by atoms with van der Waals surface area (Å²) >= 11 is 1.65. The molecule has 7 heteroatoms. The molecule has 138 valence electrons. The highest BCUT2D eigenvalue weighted by atomic mass is 35.5. The monoisotopic (exact) mass is 401 g/mol. The van der Waals surface area contributed by atoms with E-state index in [-0.39, 0.29) is 30.7 Å². The second-order valence-corrected chi connectivity index (χ2v) is 7.07. The number of amides is 1. The van der Waals surface area contributed by atoms with Crippen LogP contribution in [0.5, 0.6) is 0 Å². The normalized spacial score (nSPS) is 16.2. The molecule has 4 nitrogen and oxygen atoms in total. The van der Waals surface area contributed by atoms with Gasteiger partial charge in [0.2, 0.25) is 5.91 Å². The maximum atomic E-state index is 12.4. The molecule has 1 fully saturated rings. The van der Waals surface area contributed by atoms with Crippen LogP contribution >= 0.6 is 36.2 Å². The number of thiazole rings is 1. The summed E-state index contributed by atoms with van der Waals surface area (Å²) in [6.45, 7) is 2.74. The highest BCUT2D eigenvalue weighted by molar-refractivity contribution is 7.09. The Bertz CT molecular complexity index is 651. The Morgan fingerprint density at radius 1 is 1.32 bits per heavy atom. The molecular weight excluding hydrogens is 377 g/mol. The predicted octanol–water partition coefficient (Wildman–Crippen LogP) is 3.19. The maximum Gasteiger partial charge on any atom is 0.228 e. The molecule has 0 spiro atoms. The fourth-order valence-corrected chi connectivity index (χ4v) is 3.89. The Labute approximate surface area is 165 Å². The van der Waals surface area contributed by atoms with Crippen molar-refractivity contribution in [2.24, 2.45) is 5.92 Å². The van der Waals surface area contributed by atoms with Gasteiger partial charge in [0.15, 0.2) is 0 Å². The SMILES string of the molecule is CNCC1CCN(C(=O)Cc2csc(Cc3ccccc3)n2)C1.Cl.Cl. The number of benzene rings is 1. The second-order valence-electron chi connectivity index (χ2n) is 6.12. The minimum Gasteiger partial charge on any atom is -0.342 e. The van der Waals surface area contributed by atoms with E-state index in [4.69, 9.17) is 0 Å². The summed E-state index contributed by atoms with van der Waals surface area (Å²) in [6, 6.07) is 10.3. The van der Waals surface area contributed by atoms with Gasteiger partial charge in [-0.3, -0.25) is 4.79 Å². The van der Waals surface area contributed by atoms with Crippen LogP contribution in [0.2, 0.25) is 0 Å². The number of nitrogens with zero attached hydrogens (tertiary/aromatic N) is 2. The molecule has 0 saturated carbocycles. The van der Waals surface area contributed by atoms with Crippen molar-refractivity contribution in [2.45, 2.75) is 19.3 Å². The first-order valence-corrected chi connectivity index (χ1v) is 9.02. The summed E-state index contributed by atoms with van der Waals surface area (Å²) in [5, 5.41) is 6.30. The first-order chi connectivity index (χ1) is 11.2. The van der Waals surface area contributed by atoms with Crippen molar-refractivity contribution in [1.82, 2.24) is 15.2 Å². The Hall–Kier alpha value is -1.14. The molecule has 0 aliphatic carbocycles. The Morgan fingerprint density at radius 2 is 2.08 bits per heavy atom. The van der Waals surface area contributed by atoms with Crippen molar-refractivity contribution in [3.63, 3.8) is 0 Å². The minimum absolute atomic E-state index is 0. The molecular formula is C18H25Cl2N3OS. The van der Waals surface area contributed by atoms with E-state index in [0.717, 1.165) is 43.2 Å². The molecule has 1 aliphatic heterocycles. The van der Waals surface area contributed by atoms with Crippen LogP contribution in [0.3, 0.4) is 0 Å². The summed E-state index contributed by atoms with van der Waals surface area (Å²) in [6.07, 6.45) is 2.37. The lowest BCUT2D eigenvalue weighted by atomic mass is 10.1. The smallest absolute Gasteiger partial charge is 0.228 e. The van der Waals surface area contributed by atoms with Crippen LogP contribution < -0.4 is 5.32 Å². The van der Waals surface area contributed by atoms with Gasteiger partial charge in [0.1, 0.15) is 0 Å². The Morgan fingerprint density at radius 3 is 2.80 bits per heavy atom. The standard InChI is InChI=1S/C18H23N3OS.2ClH/c1-19-11-15-7-8-21(12-15)18(22)10-16-13-23-17(20-16)9-14-5-3-2-4-6-14;;/h2-6,13,15,19H,7-12H2,1H3;2*1H. The van der Waals surface area contributed by atoms with Crippen molar-refractivity contribution < 1.29 is 4.79 Å². The number of rotatable bonds is 6. The summed E-state index contributed by atoms with van der Waals surface area (Å²) < 4.78 is 0. The lowest BCUT2D eigenvalue weighted by Gasteiger charge is -2.15. The lowest BCUT2D eigenvalue weighted by Crippen LogP contribution is -2.31. The highest BCUT2D eigenvalue weighted by Crippen LogP contribution is 2.19. The molecule has 25 heavy (non-hydrogen) atoms. The van der Waals surface area contributed by atoms with E-state index < -0.39 is 0 Å². The number of halogens is 2. The fourth-order valence-electron chi connectivity index (χ4n) is 3.06. The van der Waals surface area contributed by atoms with Crippen molar-refractivity contribution in [1.29, 1.82) is 0 Å². The van der Waals surface area contributed by atoms with Gasteiger partial charge in [-0.25, -0.2) is 4.98 Å². The van der Waals surface area contributed by atoms with E-state index >= 15 is 0 Å². The quantitative estimate of drug-likeness (QED) is 0.807. The average Bonchev–Trinajstić information content (AvgIpc) is 3.18. The van der Waals surface area contributed by atoms with E-state index in [1.54, 1.807) is 11.3 Å².